The third-order valence-corrected chi connectivity index (χ3v) is 2.42. The Morgan fingerprint density at radius 2 is 2.46 bits per heavy atom. The van der Waals surface area contributed by atoms with Crippen LogP contribution in [0.2, 0.25) is 0 Å². The maximum atomic E-state index is 5.67. The van der Waals surface area contributed by atoms with Gasteiger partial charge in [0.05, 0.1) is 5.69 Å². The van der Waals surface area contributed by atoms with E-state index in [0.717, 1.165) is 30.8 Å². The summed E-state index contributed by atoms with van der Waals surface area (Å²) in [7, 11) is 0. The third kappa shape index (κ3) is 2.08. The lowest BCUT2D eigenvalue weighted by Gasteiger charge is -2.32. The highest BCUT2D eigenvalue weighted by atomic mass is 16.5. The molecule has 72 valence electrons. The summed E-state index contributed by atoms with van der Waals surface area (Å²) in [5, 5.41) is 7.27. The van der Waals surface area contributed by atoms with E-state index in [0.29, 0.717) is 12.1 Å². The predicted molar refractivity (Wildman–Crippen MR) is 49.1 cm³/mol. The molecule has 0 atom stereocenters. The van der Waals surface area contributed by atoms with Crippen LogP contribution in [0.5, 0.6) is 0 Å². The predicted octanol–water partition coefficient (Wildman–Crippen LogP) is 0.562. The first-order chi connectivity index (χ1) is 6.24. The van der Waals surface area contributed by atoms with Gasteiger partial charge in [0.25, 0.3) is 0 Å². The third-order valence-electron chi connectivity index (χ3n) is 2.42. The number of nitrogens with zero attached hydrogens (tertiary/aromatic N) is 1. The minimum Gasteiger partial charge on any atom is -0.361 e. The van der Waals surface area contributed by atoms with Crippen molar-refractivity contribution in [1.82, 2.24) is 10.5 Å². The smallest absolute Gasteiger partial charge is 0.133 e. The molecule has 1 fully saturated rings. The molecule has 0 spiro atoms. The first-order valence-electron chi connectivity index (χ1n) is 4.65. The zero-order valence-corrected chi connectivity index (χ0v) is 7.79. The molecule has 2 rings (SSSR count). The number of hydrogen-bond acceptors (Lipinski definition) is 4. The number of hydrogen-bond donors (Lipinski definition) is 2. The Morgan fingerprint density at radius 3 is 3.00 bits per heavy atom. The molecule has 0 amide bonds. The fourth-order valence-corrected chi connectivity index (χ4v) is 1.58. The normalized spacial score (nSPS) is 27.2. The van der Waals surface area contributed by atoms with Gasteiger partial charge in [-0.3, -0.25) is 0 Å². The van der Waals surface area contributed by atoms with Gasteiger partial charge in [-0.05, 0) is 19.8 Å². The Labute approximate surface area is 77.5 Å². The highest BCUT2D eigenvalue weighted by Gasteiger charge is 2.25. The first-order valence-corrected chi connectivity index (χ1v) is 4.65. The number of nitrogens with two attached hydrogens (primary N) is 1. The summed E-state index contributed by atoms with van der Waals surface area (Å²) >= 11 is 0. The second-order valence-electron chi connectivity index (χ2n) is 3.74. The van der Waals surface area contributed by atoms with E-state index in [1.54, 1.807) is 0 Å². The number of nitrogens with one attached hydrogen (secondary N) is 1. The zero-order chi connectivity index (χ0) is 9.26. The van der Waals surface area contributed by atoms with Crippen molar-refractivity contribution in [2.75, 3.05) is 0 Å². The minimum atomic E-state index is 0.400. The van der Waals surface area contributed by atoms with Crippen LogP contribution in [-0.4, -0.2) is 17.2 Å². The molecular formula is C9H15N3O. The molecule has 0 bridgehead atoms. The average molecular weight is 181 g/mol. The van der Waals surface area contributed by atoms with Crippen molar-refractivity contribution in [3.63, 3.8) is 0 Å². The van der Waals surface area contributed by atoms with E-state index in [-0.39, 0.29) is 0 Å². The van der Waals surface area contributed by atoms with Crippen LogP contribution in [0.1, 0.15) is 24.3 Å². The van der Waals surface area contributed by atoms with Crippen molar-refractivity contribution in [3.05, 3.63) is 17.5 Å². The van der Waals surface area contributed by atoms with Gasteiger partial charge in [-0.15, -0.1) is 0 Å². The van der Waals surface area contributed by atoms with Gasteiger partial charge in [0.15, 0.2) is 0 Å². The Balaban J connectivity index is 1.74. The highest BCUT2D eigenvalue weighted by molar-refractivity contribution is 5.03. The number of rotatable bonds is 3. The number of aryl methyl sites for hydroxylation is 1. The van der Waals surface area contributed by atoms with Crippen LogP contribution in [0.3, 0.4) is 0 Å². The molecule has 13 heavy (non-hydrogen) atoms. The molecule has 0 radical (unpaired) electrons. The minimum absolute atomic E-state index is 0.400. The largest absolute Gasteiger partial charge is 0.361 e. The lowest BCUT2D eigenvalue weighted by atomic mass is 9.88. The van der Waals surface area contributed by atoms with Gasteiger partial charge < -0.3 is 15.6 Å². The molecule has 0 saturated heterocycles. The van der Waals surface area contributed by atoms with E-state index < -0.39 is 0 Å². The first kappa shape index (κ1) is 8.72. The van der Waals surface area contributed by atoms with Crippen LogP contribution in [0.4, 0.5) is 0 Å². The Morgan fingerprint density at radius 1 is 1.69 bits per heavy atom. The van der Waals surface area contributed by atoms with E-state index in [4.69, 9.17) is 10.3 Å². The van der Waals surface area contributed by atoms with Crippen molar-refractivity contribution < 1.29 is 4.52 Å². The van der Waals surface area contributed by atoms with E-state index in [1.165, 1.54) is 0 Å². The van der Waals surface area contributed by atoms with Crippen LogP contribution in [-0.2, 0) is 6.54 Å². The molecule has 0 aromatic carbocycles. The second-order valence-corrected chi connectivity index (χ2v) is 3.74. The maximum Gasteiger partial charge on any atom is 0.133 e. The van der Waals surface area contributed by atoms with Crippen molar-refractivity contribution in [2.45, 2.75) is 38.4 Å². The Hall–Kier alpha value is -0.870. The monoisotopic (exact) mass is 181 g/mol. The van der Waals surface area contributed by atoms with Crippen LogP contribution in [0.15, 0.2) is 10.6 Å². The quantitative estimate of drug-likeness (QED) is 0.715. The summed E-state index contributed by atoms with van der Waals surface area (Å²) < 4.78 is 4.95. The van der Waals surface area contributed by atoms with Crippen molar-refractivity contribution >= 4 is 0 Å². The lowest BCUT2D eigenvalue weighted by molar-refractivity contribution is 0.287. The zero-order valence-electron chi connectivity index (χ0n) is 7.79. The van der Waals surface area contributed by atoms with Gasteiger partial charge in [-0.2, -0.15) is 0 Å². The molecule has 1 aliphatic carbocycles. The summed E-state index contributed by atoms with van der Waals surface area (Å²) in [5.41, 5.74) is 6.64. The molecule has 1 aromatic rings. The number of aromatic nitrogens is 1. The molecule has 1 heterocycles. The van der Waals surface area contributed by atoms with Gasteiger partial charge >= 0.3 is 0 Å². The van der Waals surface area contributed by atoms with Crippen LogP contribution < -0.4 is 11.1 Å². The molecule has 1 aromatic heterocycles. The second kappa shape index (κ2) is 3.47. The summed E-state index contributed by atoms with van der Waals surface area (Å²) in [6.45, 7) is 2.69. The molecule has 1 aliphatic rings. The van der Waals surface area contributed by atoms with Crippen LogP contribution in [0, 0.1) is 6.92 Å². The molecule has 0 aliphatic heterocycles. The SMILES string of the molecule is Cc1cc(CNC2CC(N)C2)no1. The van der Waals surface area contributed by atoms with Crippen molar-refractivity contribution in [1.29, 1.82) is 0 Å². The van der Waals surface area contributed by atoms with E-state index in [2.05, 4.69) is 10.5 Å². The van der Waals surface area contributed by atoms with Crippen molar-refractivity contribution in [2.24, 2.45) is 5.73 Å². The van der Waals surface area contributed by atoms with Gasteiger partial charge in [0, 0.05) is 24.7 Å². The summed E-state index contributed by atoms with van der Waals surface area (Å²) in [5.74, 6) is 0.863. The molecule has 4 heteroatoms. The lowest BCUT2D eigenvalue weighted by Crippen LogP contribution is -2.48. The summed E-state index contributed by atoms with van der Waals surface area (Å²) in [4.78, 5) is 0. The van der Waals surface area contributed by atoms with Gasteiger partial charge in [-0.1, -0.05) is 5.16 Å². The van der Waals surface area contributed by atoms with E-state index in [1.807, 2.05) is 13.0 Å². The van der Waals surface area contributed by atoms with E-state index >= 15 is 0 Å². The molecular weight excluding hydrogens is 166 g/mol. The van der Waals surface area contributed by atoms with E-state index in [9.17, 15) is 0 Å². The summed E-state index contributed by atoms with van der Waals surface area (Å²) in [6.07, 6.45) is 2.16. The van der Waals surface area contributed by atoms with Gasteiger partial charge in [0.1, 0.15) is 5.76 Å². The molecule has 1 saturated carbocycles. The van der Waals surface area contributed by atoms with Gasteiger partial charge in [0.2, 0.25) is 0 Å². The highest BCUT2D eigenvalue weighted by Crippen LogP contribution is 2.17. The standard InChI is InChI=1S/C9H15N3O/c1-6-2-9(12-13-6)5-11-8-3-7(10)4-8/h2,7-8,11H,3-5,10H2,1H3. The maximum absolute atomic E-state index is 5.67. The molecule has 4 nitrogen and oxygen atoms in total. The molecule has 0 unspecified atom stereocenters. The van der Waals surface area contributed by atoms with Crippen molar-refractivity contribution in [3.8, 4) is 0 Å². The average Bonchev–Trinajstić information content (AvgIpc) is 2.43. The van der Waals surface area contributed by atoms with Crippen LogP contribution >= 0.6 is 0 Å². The molecule has 3 N–H and O–H groups in total. The van der Waals surface area contributed by atoms with Crippen LogP contribution in [0.25, 0.3) is 0 Å². The van der Waals surface area contributed by atoms with Gasteiger partial charge in [-0.25, -0.2) is 0 Å². The topological polar surface area (TPSA) is 64.1 Å². The Bertz CT molecular complexity index is 278. The summed E-state index contributed by atoms with van der Waals surface area (Å²) in [6, 6.07) is 2.93. The Kier molecular flexibility index (Phi) is 2.33. The fraction of sp³-hybridized carbons (Fsp3) is 0.667. The fourth-order valence-electron chi connectivity index (χ4n) is 1.58.